The van der Waals surface area contributed by atoms with E-state index >= 15 is 0 Å². The van der Waals surface area contributed by atoms with E-state index in [0.29, 0.717) is 12.1 Å². The van der Waals surface area contributed by atoms with Crippen molar-refractivity contribution in [2.45, 2.75) is 11.1 Å². The van der Waals surface area contributed by atoms with Gasteiger partial charge in [0.25, 0.3) is 10.0 Å². The first-order chi connectivity index (χ1) is 10.5. The molecule has 0 atom stereocenters. The van der Waals surface area contributed by atoms with Crippen LogP contribution in [0.2, 0.25) is 15.1 Å². The highest BCUT2D eigenvalue weighted by molar-refractivity contribution is 7.92. The second-order valence-electron chi connectivity index (χ2n) is 4.37. The Balaban J connectivity index is 2.38. The van der Waals surface area contributed by atoms with Crippen molar-refractivity contribution in [1.82, 2.24) is 0 Å². The third-order valence-corrected chi connectivity index (χ3v) is 5.12. The standard InChI is InChI=1S/C13H7Cl3F3NO2S/c14-8-2-4-12(10(16)6-8)23(21,22)20-11-3-1-7(5-9(11)15)13(17,18)19/h1-6,20H. The Morgan fingerprint density at radius 3 is 2.09 bits per heavy atom. The van der Waals surface area contributed by atoms with Gasteiger partial charge in [0.1, 0.15) is 4.90 Å². The van der Waals surface area contributed by atoms with Crippen molar-refractivity contribution in [1.29, 1.82) is 0 Å². The van der Waals surface area contributed by atoms with Gasteiger partial charge in [-0.1, -0.05) is 34.8 Å². The molecule has 0 saturated heterocycles. The molecule has 0 amide bonds. The Morgan fingerprint density at radius 2 is 1.57 bits per heavy atom. The summed E-state index contributed by atoms with van der Waals surface area (Å²) >= 11 is 17.2. The largest absolute Gasteiger partial charge is 0.416 e. The normalized spacial score (nSPS) is 12.3. The zero-order valence-corrected chi connectivity index (χ0v) is 14.0. The number of hydrogen-bond donors (Lipinski definition) is 1. The summed E-state index contributed by atoms with van der Waals surface area (Å²) in [5, 5.41) is -0.289. The van der Waals surface area contributed by atoms with Gasteiger partial charge in [0.05, 0.1) is 21.3 Å². The molecule has 124 valence electrons. The SMILES string of the molecule is O=S(=O)(Nc1ccc(C(F)(F)F)cc1Cl)c1ccc(Cl)cc1Cl. The van der Waals surface area contributed by atoms with Crippen molar-refractivity contribution in [2.24, 2.45) is 0 Å². The summed E-state index contributed by atoms with van der Waals surface area (Å²) in [4.78, 5) is -0.278. The molecule has 10 heteroatoms. The topological polar surface area (TPSA) is 46.2 Å². The number of sulfonamides is 1. The molecule has 23 heavy (non-hydrogen) atoms. The van der Waals surface area contributed by atoms with E-state index in [2.05, 4.69) is 4.72 Å². The molecule has 1 N–H and O–H groups in total. The van der Waals surface area contributed by atoms with Crippen LogP contribution < -0.4 is 4.72 Å². The summed E-state index contributed by atoms with van der Waals surface area (Å²) in [6, 6.07) is 5.98. The lowest BCUT2D eigenvalue weighted by molar-refractivity contribution is -0.137. The third kappa shape index (κ3) is 4.23. The Bertz CT molecular complexity index is 854. The molecule has 0 bridgehead atoms. The van der Waals surface area contributed by atoms with Crippen LogP contribution >= 0.6 is 34.8 Å². The van der Waals surface area contributed by atoms with Crippen LogP contribution in [0.15, 0.2) is 41.3 Å². The van der Waals surface area contributed by atoms with Crippen LogP contribution in [-0.2, 0) is 16.2 Å². The number of benzene rings is 2. The van der Waals surface area contributed by atoms with E-state index in [9.17, 15) is 21.6 Å². The smallest absolute Gasteiger partial charge is 0.278 e. The minimum atomic E-state index is -4.58. The molecular formula is C13H7Cl3F3NO2S. The van der Waals surface area contributed by atoms with Gasteiger partial charge in [0, 0.05) is 5.02 Å². The summed E-state index contributed by atoms with van der Waals surface area (Å²) < 4.78 is 64.3. The first kappa shape index (κ1) is 18.2. The maximum atomic E-state index is 12.6. The molecule has 0 aliphatic carbocycles. The van der Waals surface area contributed by atoms with Crippen molar-refractivity contribution in [3.63, 3.8) is 0 Å². The predicted molar refractivity (Wildman–Crippen MR) is 83.7 cm³/mol. The predicted octanol–water partition coefficient (Wildman–Crippen LogP) is 5.47. The Morgan fingerprint density at radius 1 is 0.913 bits per heavy atom. The highest BCUT2D eigenvalue weighted by Gasteiger charge is 2.31. The van der Waals surface area contributed by atoms with Crippen molar-refractivity contribution >= 4 is 50.5 Å². The van der Waals surface area contributed by atoms with E-state index in [0.717, 1.165) is 6.07 Å². The van der Waals surface area contributed by atoms with Crippen molar-refractivity contribution in [3.05, 3.63) is 57.0 Å². The van der Waals surface area contributed by atoms with Crippen LogP contribution in [0.5, 0.6) is 0 Å². The zero-order chi connectivity index (χ0) is 17.4. The molecule has 0 saturated carbocycles. The molecule has 0 spiro atoms. The van der Waals surface area contributed by atoms with Gasteiger partial charge in [0.2, 0.25) is 0 Å². The van der Waals surface area contributed by atoms with Gasteiger partial charge in [0.15, 0.2) is 0 Å². The lowest BCUT2D eigenvalue weighted by Crippen LogP contribution is -2.14. The van der Waals surface area contributed by atoms with Gasteiger partial charge in [-0.15, -0.1) is 0 Å². The average Bonchev–Trinajstić information content (AvgIpc) is 2.39. The lowest BCUT2D eigenvalue weighted by atomic mass is 10.2. The van der Waals surface area contributed by atoms with Crippen molar-refractivity contribution in [3.8, 4) is 0 Å². The van der Waals surface area contributed by atoms with Crippen LogP contribution in [0.1, 0.15) is 5.56 Å². The molecule has 0 heterocycles. The number of nitrogens with one attached hydrogen (secondary N) is 1. The van der Waals surface area contributed by atoms with E-state index in [1.807, 2.05) is 0 Å². The number of rotatable bonds is 3. The highest BCUT2D eigenvalue weighted by Crippen LogP contribution is 2.35. The quantitative estimate of drug-likeness (QED) is 0.738. The zero-order valence-electron chi connectivity index (χ0n) is 11.0. The summed E-state index contributed by atoms with van der Waals surface area (Å²) in [6.07, 6.45) is -4.58. The molecule has 2 aromatic carbocycles. The average molecular weight is 405 g/mol. The summed E-state index contributed by atoms with van der Waals surface area (Å²) in [5.41, 5.74) is -1.19. The number of anilines is 1. The molecule has 0 aliphatic rings. The van der Waals surface area contributed by atoms with Crippen LogP contribution in [0, 0.1) is 0 Å². The van der Waals surface area contributed by atoms with Gasteiger partial charge in [-0.25, -0.2) is 8.42 Å². The molecular weight excluding hydrogens is 398 g/mol. The van der Waals surface area contributed by atoms with Crippen LogP contribution in [-0.4, -0.2) is 8.42 Å². The van der Waals surface area contributed by atoms with Gasteiger partial charge >= 0.3 is 6.18 Å². The molecule has 0 unspecified atom stereocenters. The number of halogens is 6. The maximum Gasteiger partial charge on any atom is 0.416 e. The molecule has 0 fully saturated rings. The van der Waals surface area contributed by atoms with E-state index in [-0.39, 0.29) is 20.6 Å². The Hall–Kier alpha value is -1.15. The fourth-order valence-corrected chi connectivity index (χ4v) is 3.80. The van der Waals surface area contributed by atoms with Gasteiger partial charge in [-0.3, -0.25) is 4.72 Å². The number of alkyl halides is 3. The van der Waals surface area contributed by atoms with Crippen LogP contribution in [0.3, 0.4) is 0 Å². The van der Waals surface area contributed by atoms with Crippen LogP contribution in [0.25, 0.3) is 0 Å². The first-order valence-electron chi connectivity index (χ1n) is 5.85. The fourth-order valence-electron chi connectivity index (χ4n) is 1.67. The van der Waals surface area contributed by atoms with Crippen LogP contribution in [0.4, 0.5) is 18.9 Å². The van der Waals surface area contributed by atoms with E-state index in [1.54, 1.807) is 0 Å². The monoisotopic (exact) mass is 403 g/mol. The third-order valence-electron chi connectivity index (χ3n) is 2.72. The molecule has 2 aromatic rings. The fraction of sp³-hybridized carbons (Fsp3) is 0.0769. The van der Waals surface area contributed by atoms with E-state index in [1.165, 1.54) is 18.2 Å². The molecule has 0 aliphatic heterocycles. The Kier molecular flexibility index (Phi) is 5.06. The Labute approximate surface area is 145 Å². The van der Waals surface area contributed by atoms with Crippen molar-refractivity contribution in [2.75, 3.05) is 4.72 Å². The van der Waals surface area contributed by atoms with E-state index < -0.39 is 26.8 Å². The molecule has 3 nitrogen and oxygen atoms in total. The highest BCUT2D eigenvalue weighted by atomic mass is 35.5. The maximum absolute atomic E-state index is 12.6. The summed E-state index contributed by atoms with van der Waals surface area (Å²) in [6.45, 7) is 0. The van der Waals surface area contributed by atoms with Gasteiger partial charge < -0.3 is 0 Å². The molecule has 0 aromatic heterocycles. The van der Waals surface area contributed by atoms with Crippen molar-refractivity contribution < 1.29 is 21.6 Å². The first-order valence-corrected chi connectivity index (χ1v) is 8.47. The van der Waals surface area contributed by atoms with E-state index in [4.69, 9.17) is 34.8 Å². The van der Waals surface area contributed by atoms with Gasteiger partial charge in [-0.2, -0.15) is 13.2 Å². The molecule has 0 radical (unpaired) electrons. The number of hydrogen-bond acceptors (Lipinski definition) is 2. The second kappa shape index (κ2) is 6.39. The van der Waals surface area contributed by atoms with Gasteiger partial charge in [-0.05, 0) is 36.4 Å². The summed E-state index contributed by atoms with van der Waals surface area (Å²) in [5.74, 6) is 0. The minimum Gasteiger partial charge on any atom is -0.278 e. The lowest BCUT2D eigenvalue weighted by Gasteiger charge is -2.13. The second-order valence-corrected chi connectivity index (χ2v) is 7.27. The molecule has 2 rings (SSSR count). The minimum absolute atomic E-state index is 0.131. The summed E-state index contributed by atoms with van der Waals surface area (Å²) in [7, 11) is -4.14.